The highest BCUT2D eigenvalue weighted by molar-refractivity contribution is 9.10. The zero-order valence-electron chi connectivity index (χ0n) is 10.6. The standard InChI is InChI=1S/C12H8BrClFN3O3/c1-2-11-16-10(14)5-12(17-11)21-9-4-7(15)6(13)3-8(9)18(19)20/h3-5H,2H2,1H3. The Morgan fingerprint density at radius 2 is 2.14 bits per heavy atom. The zero-order chi connectivity index (χ0) is 15.6. The number of hydrogen-bond donors (Lipinski definition) is 0. The zero-order valence-corrected chi connectivity index (χ0v) is 13.0. The molecule has 0 amide bonds. The summed E-state index contributed by atoms with van der Waals surface area (Å²) in [4.78, 5) is 18.3. The molecule has 110 valence electrons. The van der Waals surface area contributed by atoms with Gasteiger partial charge in [0.25, 0.3) is 0 Å². The van der Waals surface area contributed by atoms with Crippen molar-refractivity contribution in [1.29, 1.82) is 0 Å². The summed E-state index contributed by atoms with van der Waals surface area (Å²) >= 11 is 8.69. The van der Waals surface area contributed by atoms with E-state index >= 15 is 0 Å². The van der Waals surface area contributed by atoms with Crippen molar-refractivity contribution in [2.24, 2.45) is 0 Å². The third-order valence-corrected chi connectivity index (χ3v) is 3.25. The third kappa shape index (κ3) is 3.64. The van der Waals surface area contributed by atoms with Crippen molar-refractivity contribution < 1.29 is 14.1 Å². The molecule has 0 fully saturated rings. The molecule has 21 heavy (non-hydrogen) atoms. The van der Waals surface area contributed by atoms with Crippen LogP contribution in [0.25, 0.3) is 0 Å². The van der Waals surface area contributed by atoms with Crippen molar-refractivity contribution in [3.05, 3.63) is 49.6 Å². The minimum atomic E-state index is -0.688. The molecule has 2 aromatic rings. The maximum absolute atomic E-state index is 13.5. The molecule has 0 atom stereocenters. The Bertz CT molecular complexity index is 714. The van der Waals surface area contributed by atoms with Gasteiger partial charge in [-0.05, 0) is 15.9 Å². The summed E-state index contributed by atoms with van der Waals surface area (Å²) in [6.07, 6.45) is 0.508. The smallest absolute Gasteiger partial charge is 0.312 e. The van der Waals surface area contributed by atoms with Gasteiger partial charge < -0.3 is 4.74 Å². The van der Waals surface area contributed by atoms with Gasteiger partial charge in [0, 0.05) is 24.6 Å². The predicted molar refractivity (Wildman–Crippen MR) is 77.2 cm³/mol. The van der Waals surface area contributed by atoms with E-state index in [0.29, 0.717) is 12.2 Å². The number of nitrogens with zero attached hydrogens (tertiary/aromatic N) is 3. The van der Waals surface area contributed by atoms with E-state index in [1.54, 1.807) is 0 Å². The van der Waals surface area contributed by atoms with Crippen LogP contribution in [0.15, 0.2) is 22.7 Å². The van der Waals surface area contributed by atoms with E-state index in [1.807, 2.05) is 6.92 Å². The SMILES string of the molecule is CCc1nc(Cl)cc(Oc2cc(F)c(Br)cc2[N+](=O)[O-])n1. The van der Waals surface area contributed by atoms with Gasteiger partial charge in [-0.3, -0.25) is 10.1 Å². The second-order valence-corrected chi connectivity index (χ2v) is 5.13. The summed E-state index contributed by atoms with van der Waals surface area (Å²) in [6.45, 7) is 1.82. The predicted octanol–water partition coefficient (Wildman–Crippen LogP) is 4.29. The van der Waals surface area contributed by atoms with E-state index in [9.17, 15) is 14.5 Å². The van der Waals surface area contributed by atoms with Crippen molar-refractivity contribution >= 4 is 33.2 Å². The average Bonchev–Trinajstić information content (AvgIpc) is 2.41. The largest absolute Gasteiger partial charge is 0.432 e. The summed E-state index contributed by atoms with van der Waals surface area (Å²) in [5.74, 6) is -0.529. The van der Waals surface area contributed by atoms with Crippen molar-refractivity contribution in [3.63, 3.8) is 0 Å². The van der Waals surface area contributed by atoms with E-state index in [-0.39, 0.29) is 21.3 Å². The number of nitro benzene ring substituents is 1. The number of rotatable bonds is 4. The Kier molecular flexibility index (Phi) is 4.69. The number of ether oxygens (including phenoxy) is 1. The van der Waals surface area contributed by atoms with Crippen LogP contribution in [0.3, 0.4) is 0 Å². The Hall–Kier alpha value is -1.80. The molecule has 0 aliphatic rings. The van der Waals surface area contributed by atoms with Gasteiger partial charge in [0.2, 0.25) is 11.6 Å². The molecule has 0 N–H and O–H groups in total. The molecule has 9 heteroatoms. The normalized spacial score (nSPS) is 10.5. The van der Waals surface area contributed by atoms with Gasteiger partial charge in [-0.25, -0.2) is 9.37 Å². The van der Waals surface area contributed by atoms with Gasteiger partial charge in [0.1, 0.15) is 16.8 Å². The Balaban J connectivity index is 2.46. The van der Waals surface area contributed by atoms with Crippen LogP contribution in [0.4, 0.5) is 10.1 Å². The number of nitro groups is 1. The lowest BCUT2D eigenvalue weighted by molar-refractivity contribution is -0.385. The third-order valence-electron chi connectivity index (χ3n) is 2.45. The molecular weight excluding hydrogens is 369 g/mol. The maximum atomic E-state index is 13.5. The quantitative estimate of drug-likeness (QED) is 0.452. The molecule has 1 heterocycles. The van der Waals surface area contributed by atoms with E-state index in [0.717, 1.165) is 12.1 Å². The summed E-state index contributed by atoms with van der Waals surface area (Å²) in [5, 5.41) is 11.1. The molecule has 0 saturated carbocycles. The fourth-order valence-electron chi connectivity index (χ4n) is 1.51. The molecule has 1 aromatic carbocycles. The van der Waals surface area contributed by atoms with E-state index < -0.39 is 16.4 Å². The van der Waals surface area contributed by atoms with Gasteiger partial charge >= 0.3 is 5.69 Å². The van der Waals surface area contributed by atoms with Crippen LogP contribution >= 0.6 is 27.5 Å². The molecule has 0 saturated heterocycles. The van der Waals surface area contributed by atoms with Crippen molar-refractivity contribution in [1.82, 2.24) is 9.97 Å². The van der Waals surface area contributed by atoms with Crippen LogP contribution in [0.2, 0.25) is 5.15 Å². The fraction of sp³-hybridized carbons (Fsp3) is 0.167. The van der Waals surface area contributed by atoms with Gasteiger partial charge in [0.15, 0.2) is 0 Å². The van der Waals surface area contributed by atoms with E-state index in [2.05, 4.69) is 25.9 Å². The lowest BCUT2D eigenvalue weighted by Gasteiger charge is -2.07. The minimum Gasteiger partial charge on any atom is -0.432 e. The highest BCUT2D eigenvalue weighted by Crippen LogP contribution is 2.35. The Morgan fingerprint density at radius 3 is 2.76 bits per heavy atom. The van der Waals surface area contributed by atoms with Crippen LogP contribution in [0.1, 0.15) is 12.7 Å². The molecule has 0 aliphatic carbocycles. The second-order valence-electron chi connectivity index (χ2n) is 3.89. The highest BCUT2D eigenvalue weighted by atomic mass is 79.9. The number of aromatic nitrogens is 2. The molecular formula is C12H8BrClFN3O3. The Morgan fingerprint density at radius 1 is 1.43 bits per heavy atom. The number of benzene rings is 1. The van der Waals surface area contributed by atoms with Crippen LogP contribution < -0.4 is 4.74 Å². The first-order valence-electron chi connectivity index (χ1n) is 5.75. The van der Waals surface area contributed by atoms with Gasteiger partial charge in [-0.1, -0.05) is 18.5 Å². The summed E-state index contributed by atoms with van der Waals surface area (Å²) in [5.41, 5.74) is -0.393. The molecule has 0 unspecified atom stereocenters. The summed E-state index contributed by atoms with van der Waals surface area (Å²) in [6, 6.07) is 3.22. The molecule has 0 radical (unpaired) electrons. The first-order valence-corrected chi connectivity index (χ1v) is 6.92. The minimum absolute atomic E-state index is 0.0108. The highest BCUT2D eigenvalue weighted by Gasteiger charge is 2.20. The Labute approximate surface area is 132 Å². The molecule has 0 aliphatic heterocycles. The van der Waals surface area contributed by atoms with Crippen molar-refractivity contribution in [3.8, 4) is 11.6 Å². The fourth-order valence-corrected chi connectivity index (χ4v) is 2.03. The van der Waals surface area contributed by atoms with Gasteiger partial charge in [-0.15, -0.1) is 0 Å². The summed E-state index contributed by atoms with van der Waals surface area (Å²) in [7, 11) is 0. The average molecular weight is 377 g/mol. The number of hydrogen-bond acceptors (Lipinski definition) is 5. The number of aryl methyl sites for hydroxylation is 1. The lowest BCUT2D eigenvalue weighted by atomic mass is 10.3. The van der Waals surface area contributed by atoms with E-state index in [4.69, 9.17) is 16.3 Å². The second kappa shape index (κ2) is 6.31. The first kappa shape index (κ1) is 15.6. The summed E-state index contributed by atoms with van der Waals surface area (Å²) < 4.78 is 18.8. The monoisotopic (exact) mass is 375 g/mol. The van der Waals surface area contributed by atoms with E-state index in [1.165, 1.54) is 6.07 Å². The van der Waals surface area contributed by atoms with Crippen molar-refractivity contribution in [2.75, 3.05) is 0 Å². The van der Waals surface area contributed by atoms with Crippen LogP contribution in [-0.2, 0) is 6.42 Å². The van der Waals surface area contributed by atoms with Crippen LogP contribution in [-0.4, -0.2) is 14.9 Å². The van der Waals surface area contributed by atoms with Crippen molar-refractivity contribution in [2.45, 2.75) is 13.3 Å². The first-order chi connectivity index (χ1) is 9.90. The molecule has 6 nitrogen and oxygen atoms in total. The molecule has 0 bridgehead atoms. The molecule has 1 aromatic heterocycles. The topological polar surface area (TPSA) is 78.2 Å². The molecule has 2 rings (SSSR count). The van der Waals surface area contributed by atoms with Gasteiger partial charge in [-0.2, -0.15) is 4.98 Å². The number of halogens is 3. The van der Waals surface area contributed by atoms with Crippen LogP contribution in [0.5, 0.6) is 11.6 Å². The van der Waals surface area contributed by atoms with Crippen LogP contribution in [0, 0.1) is 15.9 Å². The maximum Gasteiger partial charge on any atom is 0.312 e. The lowest BCUT2D eigenvalue weighted by Crippen LogP contribution is -1.99. The van der Waals surface area contributed by atoms with Gasteiger partial charge in [0.05, 0.1) is 9.40 Å². The molecule has 0 spiro atoms.